The minimum Gasteiger partial charge on any atom is -0.496 e. The van der Waals surface area contributed by atoms with E-state index < -0.39 is 0 Å². The van der Waals surface area contributed by atoms with E-state index in [4.69, 9.17) is 10.00 Å². The SMILES string of the molecule is COc1ccccc1SCCC#N. The summed E-state index contributed by atoms with van der Waals surface area (Å²) in [5.41, 5.74) is 0. The van der Waals surface area contributed by atoms with Crippen molar-refractivity contribution in [3.8, 4) is 11.8 Å². The molecule has 2 nitrogen and oxygen atoms in total. The van der Waals surface area contributed by atoms with Crippen LogP contribution in [0, 0.1) is 11.3 Å². The van der Waals surface area contributed by atoms with Gasteiger partial charge < -0.3 is 4.74 Å². The summed E-state index contributed by atoms with van der Waals surface area (Å²) in [5.74, 6) is 1.70. The Kier molecular flexibility index (Phi) is 4.20. The first-order valence-corrected chi connectivity index (χ1v) is 5.00. The maximum Gasteiger partial charge on any atom is 0.132 e. The molecule has 0 heterocycles. The Morgan fingerprint density at radius 2 is 2.23 bits per heavy atom. The van der Waals surface area contributed by atoms with Crippen LogP contribution >= 0.6 is 11.8 Å². The van der Waals surface area contributed by atoms with Gasteiger partial charge in [0.1, 0.15) is 5.75 Å². The second-order valence-electron chi connectivity index (χ2n) is 2.41. The highest BCUT2D eigenvalue weighted by molar-refractivity contribution is 7.99. The van der Waals surface area contributed by atoms with E-state index in [0.717, 1.165) is 16.4 Å². The Morgan fingerprint density at radius 3 is 2.92 bits per heavy atom. The average molecular weight is 193 g/mol. The van der Waals surface area contributed by atoms with Crippen LogP contribution in [-0.4, -0.2) is 12.9 Å². The molecule has 0 saturated carbocycles. The van der Waals surface area contributed by atoms with E-state index in [1.165, 1.54) is 0 Å². The summed E-state index contributed by atoms with van der Waals surface area (Å²) >= 11 is 1.65. The zero-order valence-corrected chi connectivity index (χ0v) is 8.30. The molecule has 3 heteroatoms. The maximum atomic E-state index is 8.38. The summed E-state index contributed by atoms with van der Waals surface area (Å²) in [5, 5.41) is 8.38. The Labute approximate surface area is 82.5 Å². The van der Waals surface area contributed by atoms with Crippen LogP contribution in [0.25, 0.3) is 0 Å². The van der Waals surface area contributed by atoms with Crippen LogP contribution in [0.15, 0.2) is 29.2 Å². The van der Waals surface area contributed by atoms with E-state index >= 15 is 0 Å². The van der Waals surface area contributed by atoms with Gasteiger partial charge in [-0.05, 0) is 12.1 Å². The van der Waals surface area contributed by atoms with Crippen molar-refractivity contribution in [1.82, 2.24) is 0 Å². The van der Waals surface area contributed by atoms with Crippen molar-refractivity contribution in [2.45, 2.75) is 11.3 Å². The molecule has 0 bridgehead atoms. The number of thioether (sulfide) groups is 1. The smallest absolute Gasteiger partial charge is 0.132 e. The number of ether oxygens (including phenoxy) is 1. The quantitative estimate of drug-likeness (QED) is 0.544. The first-order valence-electron chi connectivity index (χ1n) is 4.01. The lowest BCUT2D eigenvalue weighted by Crippen LogP contribution is -1.86. The molecule has 0 amide bonds. The third-order valence-electron chi connectivity index (χ3n) is 1.54. The highest BCUT2D eigenvalue weighted by Gasteiger charge is 2.00. The van der Waals surface area contributed by atoms with Gasteiger partial charge in [-0.25, -0.2) is 0 Å². The largest absolute Gasteiger partial charge is 0.496 e. The third-order valence-corrected chi connectivity index (χ3v) is 2.60. The fourth-order valence-electron chi connectivity index (χ4n) is 0.945. The van der Waals surface area contributed by atoms with Gasteiger partial charge in [0.2, 0.25) is 0 Å². The van der Waals surface area contributed by atoms with Crippen LogP contribution in [0.3, 0.4) is 0 Å². The number of hydrogen-bond donors (Lipinski definition) is 0. The van der Waals surface area contributed by atoms with Gasteiger partial charge in [-0.2, -0.15) is 5.26 Å². The maximum absolute atomic E-state index is 8.38. The standard InChI is InChI=1S/C10H11NOS/c1-12-9-5-2-3-6-10(9)13-8-4-7-11/h2-3,5-6H,4,8H2,1H3. The van der Waals surface area contributed by atoms with Crippen LogP contribution in [-0.2, 0) is 0 Å². The van der Waals surface area contributed by atoms with Crippen LogP contribution in [0.5, 0.6) is 5.75 Å². The van der Waals surface area contributed by atoms with Crippen molar-refractivity contribution in [3.05, 3.63) is 24.3 Å². The Balaban J connectivity index is 2.60. The minimum atomic E-state index is 0.572. The fourth-order valence-corrected chi connectivity index (χ4v) is 1.83. The first kappa shape index (κ1) is 9.94. The van der Waals surface area contributed by atoms with Gasteiger partial charge in [0.05, 0.1) is 13.2 Å². The van der Waals surface area contributed by atoms with E-state index in [-0.39, 0.29) is 0 Å². The molecule has 0 aromatic heterocycles. The van der Waals surface area contributed by atoms with Crippen LogP contribution in [0.4, 0.5) is 0 Å². The zero-order chi connectivity index (χ0) is 9.52. The molecule has 0 spiro atoms. The molecular weight excluding hydrogens is 182 g/mol. The van der Waals surface area contributed by atoms with Crippen molar-refractivity contribution in [3.63, 3.8) is 0 Å². The molecule has 0 aliphatic rings. The van der Waals surface area contributed by atoms with E-state index in [1.54, 1.807) is 18.9 Å². The summed E-state index contributed by atoms with van der Waals surface area (Å²) in [6.45, 7) is 0. The van der Waals surface area contributed by atoms with Crippen molar-refractivity contribution >= 4 is 11.8 Å². The number of rotatable bonds is 4. The Morgan fingerprint density at radius 1 is 1.46 bits per heavy atom. The van der Waals surface area contributed by atoms with Gasteiger partial charge in [0.15, 0.2) is 0 Å². The number of nitrogens with zero attached hydrogens (tertiary/aromatic N) is 1. The summed E-state index contributed by atoms with van der Waals surface area (Å²) in [6.07, 6.45) is 0.572. The van der Waals surface area contributed by atoms with Gasteiger partial charge in [0, 0.05) is 17.1 Å². The molecule has 0 N–H and O–H groups in total. The molecule has 0 atom stereocenters. The van der Waals surface area contributed by atoms with Crippen molar-refractivity contribution in [2.24, 2.45) is 0 Å². The number of benzene rings is 1. The van der Waals surface area contributed by atoms with Crippen molar-refractivity contribution in [1.29, 1.82) is 5.26 Å². The summed E-state index contributed by atoms with van der Waals surface area (Å²) in [4.78, 5) is 1.10. The molecule has 0 radical (unpaired) electrons. The molecule has 1 rings (SSSR count). The summed E-state index contributed by atoms with van der Waals surface area (Å²) < 4.78 is 5.17. The zero-order valence-electron chi connectivity index (χ0n) is 7.49. The van der Waals surface area contributed by atoms with Crippen LogP contribution < -0.4 is 4.74 Å². The third kappa shape index (κ3) is 3.00. The predicted molar refractivity (Wildman–Crippen MR) is 53.9 cm³/mol. The molecule has 0 saturated heterocycles. The first-order chi connectivity index (χ1) is 6.38. The second-order valence-corrected chi connectivity index (χ2v) is 3.54. The van der Waals surface area contributed by atoms with E-state index in [1.807, 2.05) is 24.3 Å². The van der Waals surface area contributed by atoms with E-state index in [9.17, 15) is 0 Å². The average Bonchev–Trinajstić information content (AvgIpc) is 2.19. The summed E-state index contributed by atoms with van der Waals surface area (Å²) in [7, 11) is 1.66. The van der Waals surface area contributed by atoms with Gasteiger partial charge in [0.25, 0.3) is 0 Å². The molecule has 1 aromatic carbocycles. The highest BCUT2D eigenvalue weighted by atomic mass is 32.2. The van der Waals surface area contributed by atoms with Crippen molar-refractivity contribution in [2.75, 3.05) is 12.9 Å². The highest BCUT2D eigenvalue weighted by Crippen LogP contribution is 2.28. The van der Waals surface area contributed by atoms with E-state index in [0.29, 0.717) is 6.42 Å². The number of methoxy groups -OCH3 is 1. The van der Waals surface area contributed by atoms with Crippen LogP contribution in [0.1, 0.15) is 6.42 Å². The lowest BCUT2D eigenvalue weighted by Gasteiger charge is -2.05. The monoisotopic (exact) mass is 193 g/mol. The molecule has 68 valence electrons. The molecular formula is C10H11NOS. The molecule has 1 aromatic rings. The fraction of sp³-hybridized carbons (Fsp3) is 0.300. The van der Waals surface area contributed by atoms with Gasteiger partial charge in [-0.3, -0.25) is 0 Å². The molecule has 13 heavy (non-hydrogen) atoms. The van der Waals surface area contributed by atoms with Gasteiger partial charge in [-0.1, -0.05) is 12.1 Å². The second kappa shape index (κ2) is 5.50. The van der Waals surface area contributed by atoms with E-state index in [2.05, 4.69) is 6.07 Å². The Hall–Kier alpha value is -1.14. The lowest BCUT2D eigenvalue weighted by molar-refractivity contribution is 0.405. The minimum absolute atomic E-state index is 0.572. The lowest BCUT2D eigenvalue weighted by atomic mass is 10.3. The predicted octanol–water partition coefficient (Wildman–Crippen LogP) is 2.70. The molecule has 0 aliphatic carbocycles. The topological polar surface area (TPSA) is 33.0 Å². The van der Waals surface area contributed by atoms with Gasteiger partial charge in [-0.15, -0.1) is 11.8 Å². The number of nitriles is 1. The Bertz CT molecular complexity index is 306. The van der Waals surface area contributed by atoms with Crippen molar-refractivity contribution < 1.29 is 4.74 Å². The molecule has 0 aliphatic heterocycles. The summed E-state index contributed by atoms with van der Waals surface area (Å²) in [6, 6.07) is 9.95. The normalized spacial score (nSPS) is 9.23. The molecule has 0 unspecified atom stereocenters. The molecule has 0 fully saturated rings. The van der Waals surface area contributed by atoms with Crippen LogP contribution in [0.2, 0.25) is 0 Å². The number of hydrogen-bond acceptors (Lipinski definition) is 3. The van der Waals surface area contributed by atoms with Gasteiger partial charge >= 0.3 is 0 Å². The number of para-hydroxylation sites is 1.